The fraction of sp³-hybridized carbons (Fsp3) is 1.00. The Hall–Kier alpha value is 2.64. The predicted molar refractivity (Wildman–Crippen MR) is 132 cm³/mol. The summed E-state index contributed by atoms with van der Waals surface area (Å²) in [5.74, 6) is 0. The molecule has 0 bridgehead atoms. The van der Waals surface area contributed by atoms with Crippen LogP contribution in [0.25, 0.3) is 0 Å². The summed E-state index contributed by atoms with van der Waals surface area (Å²) in [6.07, 6.45) is 4.08. The quantitative estimate of drug-likeness (QED) is 0.145. The van der Waals surface area contributed by atoms with Crippen LogP contribution < -0.4 is 0 Å². The molecule has 4 unspecified atom stereocenters. The number of rotatable bonds is 12. The second-order valence-corrected chi connectivity index (χ2v) is 16.0. The average Bonchev–Trinajstić information content (AvgIpc) is 2.52. The minimum absolute atomic E-state index is 0. The monoisotopic (exact) mass is 602 g/mol. The molecule has 11 heteroatoms. The molecule has 0 aliphatic rings. The maximum absolute atomic E-state index is 5.48. The van der Waals surface area contributed by atoms with Crippen molar-refractivity contribution in [1.82, 2.24) is 0 Å². The Morgan fingerprint density at radius 3 is 0.852 bits per heavy atom. The van der Waals surface area contributed by atoms with Gasteiger partial charge in [0, 0.05) is 0 Å². The molecule has 0 aliphatic carbocycles. The fourth-order valence-electron chi connectivity index (χ4n) is 1.23. The van der Waals surface area contributed by atoms with E-state index in [2.05, 4.69) is 0 Å². The van der Waals surface area contributed by atoms with Crippen LogP contribution >= 0.6 is 11.4 Å². The largest absolute Gasteiger partial charge is 2.00 e. The van der Waals surface area contributed by atoms with Crippen molar-refractivity contribution in [2.45, 2.75) is 105 Å². The molecule has 0 saturated carbocycles. The van der Waals surface area contributed by atoms with Crippen LogP contribution in [0.5, 0.6) is 0 Å². The zero-order chi connectivity index (χ0) is 21.0. The third-order valence-corrected chi connectivity index (χ3v) is 8.07. The Labute approximate surface area is 205 Å². The first-order valence-electron chi connectivity index (χ1n) is 9.17. The van der Waals surface area contributed by atoms with Gasteiger partial charge in [0.2, 0.25) is 0 Å². The summed E-state index contributed by atoms with van der Waals surface area (Å²) in [6, 6.07) is 0. The van der Waals surface area contributed by atoms with E-state index in [9.17, 15) is 0 Å². The van der Waals surface area contributed by atoms with Crippen LogP contribution in [0.1, 0.15) is 81.1 Å². The van der Waals surface area contributed by atoms with Gasteiger partial charge < -0.3 is 42.6 Å². The van der Waals surface area contributed by atoms with Crippen LogP contribution in [0.3, 0.4) is 0 Å². The topological polar surface area (TPSA) is 36.9 Å². The number of hydrogen-bond donors (Lipinski definition) is 0. The molecule has 0 heterocycles. The van der Waals surface area contributed by atoms with Crippen molar-refractivity contribution in [2.75, 3.05) is 0 Å². The third-order valence-electron chi connectivity index (χ3n) is 3.54. The normalized spacial score (nSPS) is 19.9. The van der Waals surface area contributed by atoms with E-state index in [-0.39, 0.29) is 48.3 Å². The number of hydrogen-bond acceptors (Lipinski definition) is 8. The minimum Gasteiger partial charge on any atom is -0.691 e. The minimum atomic E-state index is -2.42. The Balaban J connectivity index is -0.000000411. The van der Waals surface area contributed by atoms with Gasteiger partial charge in [-0.1, -0.05) is 51.3 Å². The van der Waals surface area contributed by atoms with Gasteiger partial charge in [-0.2, -0.15) is 0 Å². The maximum atomic E-state index is 5.48. The van der Waals surface area contributed by atoms with E-state index in [1.54, 1.807) is 0 Å². The molecule has 0 aromatic heterocycles. The van der Waals surface area contributed by atoms with Gasteiger partial charge in [-0.3, -0.25) is 0 Å². The van der Waals surface area contributed by atoms with Crippen molar-refractivity contribution < 1.29 is 18.1 Å². The first-order valence-corrected chi connectivity index (χ1v) is 16.5. The first kappa shape index (κ1) is 34.3. The Kier molecular flexibility index (Phi) is 23.1. The van der Waals surface area contributed by atoms with Crippen LogP contribution in [0.15, 0.2) is 0 Å². The molecule has 0 rings (SSSR count). The molecular weight excluding hydrogens is 565 g/mol. The first-order chi connectivity index (χ1) is 11.8. The van der Waals surface area contributed by atoms with E-state index in [0.717, 1.165) is 25.7 Å². The molecule has 2 radical (unpaired) electrons. The summed E-state index contributed by atoms with van der Waals surface area (Å²) in [5, 5.41) is 0. The standard InChI is InChI=1S/2C8H19O2PS2.Sn/c2*1-5-7(3)9-11(12,13)10-8(4)6-2;/h2*7-8H,5-6H2,1-4H3,(H,12,13);/q;;+2/p-2. The Morgan fingerprint density at radius 2 is 0.741 bits per heavy atom. The predicted octanol–water partition coefficient (Wildman–Crippen LogP) is 6.40. The molecular formula is C16H36O4P2S4Sn. The van der Waals surface area contributed by atoms with Crippen LogP contribution in [0.4, 0.5) is 0 Å². The average molecular weight is 601 g/mol. The SMILES string of the molecule is CCC(C)OP(=S)([S-])OC(C)CC.CCC(C)OP(=S)([S-])OC(C)CC.[Sn+2]. The van der Waals surface area contributed by atoms with Crippen LogP contribution in [-0.4, -0.2) is 48.3 Å². The molecule has 0 amide bonds. The molecule has 4 nitrogen and oxygen atoms in total. The van der Waals surface area contributed by atoms with Crippen LogP contribution in [0, 0.1) is 0 Å². The molecule has 0 aromatic rings. The van der Waals surface area contributed by atoms with Crippen molar-refractivity contribution >= 4 is 83.4 Å². The van der Waals surface area contributed by atoms with Gasteiger partial charge in [0.05, 0.1) is 35.8 Å². The summed E-state index contributed by atoms with van der Waals surface area (Å²) in [6.45, 7) is 16.0. The Morgan fingerprint density at radius 1 is 0.593 bits per heavy atom. The zero-order valence-corrected chi connectivity index (χ0v) is 25.7. The van der Waals surface area contributed by atoms with Crippen molar-refractivity contribution in [3.63, 3.8) is 0 Å². The van der Waals surface area contributed by atoms with Gasteiger partial charge in [0.1, 0.15) is 0 Å². The molecule has 27 heavy (non-hydrogen) atoms. The molecule has 0 aliphatic heterocycles. The summed E-state index contributed by atoms with van der Waals surface area (Å²) in [5.41, 5.74) is -4.84. The van der Waals surface area contributed by atoms with Gasteiger partial charge in [-0.05, 0) is 53.4 Å². The third kappa shape index (κ3) is 21.6. The molecule has 162 valence electrons. The molecule has 4 atom stereocenters. The van der Waals surface area contributed by atoms with E-state index < -0.39 is 11.4 Å². The van der Waals surface area contributed by atoms with Crippen LogP contribution in [-0.2, 0) is 66.2 Å². The van der Waals surface area contributed by atoms with Crippen molar-refractivity contribution in [3.8, 4) is 0 Å². The van der Waals surface area contributed by atoms with E-state index in [1.807, 2.05) is 55.4 Å². The second kappa shape index (κ2) is 18.2. The Bertz CT molecular complexity index is 388. The summed E-state index contributed by atoms with van der Waals surface area (Å²) >= 11 is 20.4. The van der Waals surface area contributed by atoms with Crippen molar-refractivity contribution in [3.05, 3.63) is 0 Å². The fourth-order valence-corrected chi connectivity index (χ4v) is 7.21. The summed E-state index contributed by atoms with van der Waals surface area (Å²) < 4.78 is 21.9. The second-order valence-electron chi connectivity index (χ2n) is 6.19. The molecule has 0 spiro atoms. The van der Waals surface area contributed by atoms with E-state index in [0.29, 0.717) is 0 Å². The van der Waals surface area contributed by atoms with Gasteiger partial charge in [-0.15, -0.1) is 0 Å². The zero-order valence-electron chi connectivity index (χ0n) is 17.8. The van der Waals surface area contributed by atoms with Crippen molar-refractivity contribution in [2.24, 2.45) is 0 Å². The van der Waals surface area contributed by atoms with Gasteiger partial charge in [-0.25, -0.2) is 0 Å². The smallest absolute Gasteiger partial charge is 0.691 e. The summed E-state index contributed by atoms with van der Waals surface area (Å²) in [7, 11) is 0. The van der Waals surface area contributed by atoms with Gasteiger partial charge >= 0.3 is 23.9 Å². The molecule has 0 saturated heterocycles. The van der Waals surface area contributed by atoms with Crippen molar-refractivity contribution in [1.29, 1.82) is 0 Å². The van der Waals surface area contributed by atoms with Gasteiger partial charge in [0.15, 0.2) is 0 Å². The van der Waals surface area contributed by atoms with E-state index >= 15 is 0 Å². The van der Waals surface area contributed by atoms with Gasteiger partial charge in [0.25, 0.3) is 0 Å². The maximum Gasteiger partial charge on any atom is 2.00 e. The molecule has 0 fully saturated rings. The van der Waals surface area contributed by atoms with E-state index in [1.165, 1.54) is 0 Å². The molecule has 0 aromatic carbocycles. The molecule has 0 N–H and O–H groups in total. The van der Waals surface area contributed by atoms with E-state index in [4.69, 9.17) is 66.2 Å². The summed E-state index contributed by atoms with van der Waals surface area (Å²) in [4.78, 5) is 0. The van der Waals surface area contributed by atoms with Crippen LogP contribution in [0.2, 0.25) is 0 Å².